The standard InChI is InChI=1S/C9H13N3OS2/c1-7-6-14-5-3-12(7)9(13)11-8-10-2-4-15-8/h2,4,7H,3,5-6H2,1H3,(H,10,11,13). The summed E-state index contributed by atoms with van der Waals surface area (Å²) in [6, 6.07) is 0.279. The molecule has 1 aliphatic heterocycles. The summed E-state index contributed by atoms with van der Waals surface area (Å²) in [6.45, 7) is 2.90. The zero-order valence-electron chi connectivity index (χ0n) is 8.47. The summed E-state index contributed by atoms with van der Waals surface area (Å²) in [6.07, 6.45) is 1.69. The van der Waals surface area contributed by atoms with E-state index in [0.29, 0.717) is 11.2 Å². The third-order valence-corrected chi connectivity index (χ3v) is 4.15. The highest BCUT2D eigenvalue weighted by molar-refractivity contribution is 7.99. The second-order valence-electron chi connectivity index (χ2n) is 3.38. The molecule has 6 heteroatoms. The number of anilines is 1. The van der Waals surface area contributed by atoms with Crippen molar-refractivity contribution in [1.82, 2.24) is 9.88 Å². The summed E-state index contributed by atoms with van der Waals surface area (Å²) < 4.78 is 0. The van der Waals surface area contributed by atoms with Gasteiger partial charge < -0.3 is 4.90 Å². The molecule has 0 bridgehead atoms. The lowest BCUT2D eigenvalue weighted by atomic mass is 10.3. The van der Waals surface area contributed by atoms with Gasteiger partial charge in [-0.3, -0.25) is 5.32 Å². The molecule has 1 fully saturated rings. The van der Waals surface area contributed by atoms with Crippen molar-refractivity contribution in [3.8, 4) is 0 Å². The Labute approximate surface area is 97.1 Å². The Morgan fingerprint density at radius 3 is 3.27 bits per heavy atom. The summed E-state index contributed by atoms with van der Waals surface area (Å²) >= 11 is 3.34. The van der Waals surface area contributed by atoms with E-state index in [1.54, 1.807) is 6.20 Å². The molecule has 0 spiro atoms. The average molecular weight is 243 g/mol. The van der Waals surface area contributed by atoms with Crippen LogP contribution in [0.5, 0.6) is 0 Å². The van der Waals surface area contributed by atoms with E-state index in [1.807, 2.05) is 22.0 Å². The van der Waals surface area contributed by atoms with Crippen molar-refractivity contribution in [2.45, 2.75) is 13.0 Å². The number of rotatable bonds is 1. The van der Waals surface area contributed by atoms with Gasteiger partial charge in [-0.15, -0.1) is 11.3 Å². The van der Waals surface area contributed by atoms with E-state index in [0.717, 1.165) is 18.1 Å². The van der Waals surface area contributed by atoms with Crippen molar-refractivity contribution in [3.05, 3.63) is 11.6 Å². The van der Waals surface area contributed by atoms with Crippen LogP contribution in [-0.4, -0.2) is 40.0 Å². The van der Waals surface area contributed by atoms with Gasteiger partial charge in [0.2, 0.25) is 0 Å². The monoisotopic (exact) mass is 243 g/mol. The Morgan fingerprint density at radius 1 is 1.73 bits per heavy atom. The van der Waals surface area contributed by atoms with Crippen LogP contribution < -0.4 is 5.32 Å². The van der Waals surface area contributed by atoms with E-state index in [-0.39, 0.29) is 6.03 Å². The Bertz CT molecular complexity index is 328. The summed E-state index contributed by atoms with van der Waals surface area (Å²) in [4.78, 5) is 17.8. The molecule has 2 amide bonds. The van der Waals surface area contributed by atoms with Gasteiger partial charge in [0.05, 0.1) is 0 Å². The van der Waals surface area contributed by atoms with E-state index >= 15 is 0 Å². The van der Waals surface area contributed by atoms with Gasteiger partial charge in [0, 0.05) is 35.7 Å². The first kappa shape index (κ1) is 10.8. The van der Waals surface area contributed by atoms with Crippen molar-refractivity contribution < 1.29 is 4.79 Å². The second kappa shape index (κ2) is 4.85. The zero-order valence-corrected chi connectivity index (χ0v) is 10.1. The number of thiazole rings is 1. The molecule has 0 aromatic carbocycles. The third kappa shape index (κ3) is 2.63. The van der Waals surface area contributed by atoms with E-state index in [4.69, 9.17) is 0 Å². The summed E-state index contributed by atoms with van der Waals surface area (Å²) in [7, 11) is 0. The molecule has 1 aromatic heterocycles. The molecule has 0 aliphatic carbocycles. The van der Waals surface area contributed by atoms with Gasteiger partial charge in [0.15, 0.2) is 5.13 Å². The lowest BCUT2D eigenvalue weighted by molar-refractivity contribution is 0.200. The van der Waals surface area contributed by atoms with Crippen molar-refractivity contribution in [2.24, 2.45) is 0 Å². The molecule has 2 heterocycles. The molecule has 82 valence electrons. The maximum atomic E-state index is 11.8. The van der Waals surface area contributed by atoms with Gasteiger partial charge in [0.25, 0.3) is 0 Å². The number of urea groups is 1. The van der Waals surface area contributed by atoms with E-state index in [1.165, 1.54) is 11.3 Å². The number of nitrogens with zero attached hydrogens (tertiary/aromatic N) is 2. The van der Waals surface area contributed by atoms with Crippen LogP contribution in [0.4, 0.5) is 9.93 Å². The first-order valence-electron chi connectivity index (χ1n) is 4.82. The molecule has 4 nitrogen and oxygen atoms in total. The van der Waals surface area contributed by atoms with Crippen LogP contribution in [0.2, 0.25) is 0 Å². The minimum Gasteiger partial charge on any atom is -0.320 e. The molecule has 1 aliphatic rings. The molecule has 0 saturated carbocycles. The lowest BCUT2D eigenvalue weighted by Crippen LogP contribution is -2.46. The molecular weight excluding hydrogens is 230 g/mol. The Kier molecular flexibility index (Phi) is 3.48. The number of carbonyl (C=O) groups excluding carboxylic acids is 1. The molecule has 1 saturated heterocycles. The average Bonchev–Trinajstić information content (AvgIpc) is 2.71. The predicted molar refractivity (Wildman–Crippen MR) is 64.6 cm³/mol. The minimum atomic E-state index is -0.0299. The van der Waals surface area contributed by atoms with Gasteiger partial charge >= 0.3 is 6.03 Å². The van der Waals surface area contributed by atoms with Gasteiger partial charge in [-0.05, 0) is 6.92 Å². The molecule has 15 heavy (non-hydrogen) atoms. The number of nitrogens with one attached hydrogen (secondary N) is 1. The van der Waals surface area contributed by atoms with Crippen molar-refractivity contribution in [1.29, 1.82) is 0 Å². The van der Waals surface area contributed by atoms with Crippen LogP contribution in [0.15, 0.2) is 11.6 Å². The Balaban J connectivity index is 1.95. The van der Waals surface area contributed by atoms with E-state index < -0.39 is 0 Å². The molecule has 0 radical (unpaired) electrons. The van der Waals surface area contributed by atoms with Crippen molar-refractivity contribution in [3.63, 3.8) is 0 Å². The molecule has 1 unspecified atom stereocenters. The fourth-order valence-electron chi connectivity index (χ4n) is 1.48. The summed E-state index contributed by atoms with van der Waals surface area (Å²) in [5, 5.41) is 5.33. The number of hydrogen-bond acceptors (Lipinski definition) is 4. The highest BCUT2D eigenvalue weighted by Crippen LogP contribution is 2.18. The number of amides is 2. The highest BCUT2D eigenvalue weighted by Gasteiger charge is 2.23. The molecule has 1 aromatic rings. The number of aromatic nitrogens is 1. The van der Waals surface area contributed by atoms with Gasteiger partial charge in [-0.1, -0.05) is 0 Å². The largest absolute Gasteiger partial charge is 0.323 e. The fourth-order valence-corrected chi connectivity index (χ4v) is 3.01. The van der Waals surface area contributed by atoms with Crippen molar-refractivity contribution in [2.75, 3.05) is 23.4 Å². The predicted octanol–water partition coefficient (Wildman–Crippen LogP) is 2.11. The molecule has 1 atom stereocenters. The van der Waals surface area contributed by atoms with Crippen LogP contribution in [0.3, 0.4) is 0 Å². The van der Waals surface area contributed by atoms with Gasteiger partial charge in [0.1, 0.15) is 0 Å². The third-order valence-electron chi connectivity index (χ3n) is 2.27. The second-order valence-corrected chi connectivity index (χ2v) is 5.43. The van der Waals surface area contributed by atoms with E-state index in [9.17, 15) is 4.79 Å². The topological polar surface area (TPSA) is 45.2 Å². The van der Waals surface area contributed by atoms with Gasteiger partial charge in [-0.25, -0.2) is 9.78 Å². The van der Waals surface area contributed by atoms with E-state index in [2.05, 4.69) is 17.2 Å². The van der Waals surface area contributed by atoms with Crippen molar-refractivity contribution >= 4 is 34.3 Å². The van der Waals surface area contributed by atoms with Crippen LogP contribution in [0, 0.1) is 0 Å². The van der Waals surface area contributed by atoms with Crippen LogP contribution >= 0.6 is 23.1 Å². The van der Waals surface area contributed by atoms with Crippen LogP contribution in [-0.2, 0) is 0 Å². The smallest absolute Gasteiger partial charge is 0.320 e. The first-order chi connectivity index (χ1) is 7.27. The first-order valence-corrected chi connectivity index (χ1v) is 6.85. The molecule has 1 N–H and O–H groups in total. The summed E-state index contributed by atoms with van der Waals surface area (Å²) in [5.41, 5.74) is 0. The zero-order chi connectivity index (χ0) is 10.7. The Hall–Kier alpha value is -0.750. The summed E-state index contributed by atoms with van der Waals surface area (Å²) in [5.74, 6) is 2.04. The number of hydrogen-bond donors (Lipinski definition) is 1. The highest BCUT2D eigenvalue weighted by atomic mass is 32.2. The Morgan fingerprint density at radius 2 is 2.60 bits per heavy atom. The SMILES string of the molecule is CC1CSCCN1C(=O)Nc1nccs1. The maximum Gasteiger partial charge on any atom is 0.323 e. The lowest BCUT2D eigenvalue weighted by Gasteiger charge is -2.32. The quantitative estimate of drug-likeness (QED) is 0.821. The maximum absolute atomic E-state index is 11.8. The minimum absolute atomic E-state index is 0.0299. The number of carbonyl (C=O) groups is 1. The van der Waals surface area contributed by atoms with Crippen LogP contribution in [0.1, 0.15) is 6.92 Å². The normalized spacial score (nSPS) is 21.4. The van der Waals surface area contributed by atoms with Gasteiger partial charge in [-0.2, -0.15) is 11.8 Å². The number of thioether (sulfide) groups is 1. The molecule has 2 rings (SSSR count). The fraction of sp³-hybridized carbons (Fsp3) is 0.556. The van der Waals surface area contributed by atoms with Crippen LogP contribution in [0.25, 0.3) is 0 Å². The molecular formula is C9H13N3OS2.